The van der Waals surface area contributed by atoms with Gasteiger partial charge in [-0.3, -0.25) is 14.4 Å². The van der Waals surface area contributed by atoms with Crippen molar-refractivity contribution in [2.75, 3.05) is 25.5 Å². The Kier molecular flexibility index (Phi) is 7.97. The van der Waals surface area contributed by atoms with Crippen LogP contribution in [0.25, 0.3) is 0 Å². The number of hydrogen-bond donors (Lipinski definition) is 1. The third-order valence-electron chi connectivity index (χ3n) is 5.51. The maximum atomic E-state index is 13.0. The van der Waals surface area contributed by atoms with Crippen molar-refractivity contribution in [1.82, 2.24) is 14.9 Å². The third-order valence-corrected chi connectivity index (χ3v) is 5.51. The number of carbonyl (C=O) groups excluding carboxylic acids is 3. The number of rotatable bonds is 9. The first-order valence-corrected chi connectivity index (χ1v) is 11.9. The Morgan fingerprint density at radius 3 is 2.32 bits per heavy atom. The first-order valence-electron chi connectivity index (χ1n) is 11.9. The number of pyridine rings is 2. The van der Waals surface area contributed by atoms with Gasteiger partial charge in [-0.1, -0.05) is 6.07 Å². The maximum absolute atomic E-state index is 13.0. The fraction of sp³-hybridized carbons (Fsp3) is 0.296. The van der Waals surface area contributed by atoms with E-state index in [4.69, 9.17) is 9.47 Å². The average Bonchev–Trinajstić information content (AvgIpc) is 2.84. The lowest BCUT2D eigenvalue weighted by Crippen LogP contribution is -2.41. The van der Waals surface area contributed by atoms with Crippen LogP contribution in [0, 0.1) is 0 Å². The van der Waals surface area contributed by atoms with E-state index in [2.05, 4.69) is 20.0 Å². The lowest BCUT2D eigenvalue weighted by molar-refractivity contribution is -0.139. The van der Waals surface area contributed by atoms with Crippen LogP contribution in [0.2, 0.25) is 0 Å². The number of benzene rings is 1. The first-order chi connectivity index (χ1) is 17.8. The predicted molar refractivity (Wildman–Crippen MR) is 135 cm³/mol. The number of hydrogen-bond acceptors (Lipinski definition) is 8. The normalized spacial score (nSPS) is 12.5. The third kappa shape index (κ3) is 6.81. The molecule has 1 saturated heterocycles. The molecule has 1 aliphatic rings. The molecule has 2 amide bonds. The van der Waals surface area contributed by atoms with Crippen molar-refractivity contribution in [3.63, 3.8) is 0 Å². The molecular formula is C27H28N4O6. The molecule has 10 nitrogen and oxygen atoms in total. The van der Waals surface area contributed by atoms with Crippen molar-refractivity contribution < 1.29 is 28.6 Å². The number of nitrogens with one attached hydrogen (secondary N) is 1. The van der Waals surface area contributed by atoms with Crippen LogP contribution in [0.4, 0.5) is 5.82 Å². The van der Waals surface area contributed by atoms with Crippen LogP contribution in [0.3, 0.4) is 0 Å². The van der Waals surface area contributed by atoms with Crippen molar-refractivity contribution in [3.05, 3.63) is 71.4 Å². The lowest BCUT2D eigenvalue weighted by atomic mass is 10.1. The quantitative estimate of drug-likeness (QED) is 0.436. The van der Waals surface area contributed by atoms with E-state index in [9.17, 15) is 14.4 Å². The number of nitrogens with zero attached hydrogens (tertiary/aromatic N) is 3. The van der Waals surface area contributed by atoms with E-state index in [1.54, 1.807) is 41.3 Å². The van der Waals surface area contributed by atoms with E-state index in [1.807, 2.05) is 13.8 Å². The van der Waals surface area contributed by atoms with Gasteiger partial charge in [0.2, 0.25) is 11.8 Å². The second kappa shape index (κ2) is 11.5. The molecule has 1 aliphatic heterocycles. The Balaban J connectivity index is 1.49. The number of amides is 2. The monoisotopic (exact) mass is 504 g/mol. The smallest absolute Gasteiger partial charge is 0.310 e. The zero-order valence-corrected chi connectivity index (χ0v) is 20.9. The molecule has 0 unspecified atom stereocenters. The van der Waals surface area contributed by atoms with E-state index in [0.29, 0.717) is 22.7 Å². The van der Waals surface area contributed by atoms with Gasteiger partial charge in [-0.2, -0.15) is 4.98 Å². The molecule has 4 rings (SSSR count). The summed E-state index contributed by atoms with van der Waals surface area (Å²) in [6.07, 6.45) is 2.44. The molecule has 10 heteroatoms. The van der Waals surface area contributed by atoms with Crippen LogP contribution >= 0.6 is 0 Å². The number of carbonyl (C=O) groups is 3. The molecule has 3 heterocycles. The molecule has 0 spiro atoms. The van der Waals surface area contributed by atoms with Crippen LogP contribution in [0.5, 0.6) is 17.5 Å². The Bertz CT molecular complexity index is 1270. The van der Waals surface area contributed by atoms with Crippen LogP contribution in [0.1, 0.15) is 46.5 Å². The second-order valence-electron chi connectivity index (χ2n) is 8.73. The summed E-state index contributed by atoms with van der Waals surface area (Å²) in [5.41, 5.74) is 1.50. The second-order valence-corrected chi connectivity index (χ2v) is 8.73. The fourth-order valence-corrected chi connectivity index (χ4v) is 3.48. The molecule has 1 aromatic carbocycles. The van der Waals surface area contributed by atoms with Crippen LogP contribution in [-0.4, -0.2) is 59.0 Å². The largest absolute Gasteiger partial charge is 0.475 e. The summed E-state index contributed by atoms with van der Waals surface area (Å²) in [5, 5.41) is 2.72. The Labute approximate surface area is 214 Å². The zero-order chi connectivity index (χ0) is 26.4. The highest BCUT2D eigenvalue weighted by Gasteiger charge is 2.21. The highest BCUT2D eigenvalue weighted by Crippen LogP contribution is 2.26. The Morgan fingerprint density at radius 1 is 1.00 bits per heavy atom. The molecule has 1 fully saturated rings. The van der Waals surface area contributed by atoms with Crippen molar-refractivity contribution in [1.29, 1.82) is 0 Å². The van der Waals surface area contributed by atoms with Gasteiger partial charge in [0, 0.05) is 37.0 Å². The SMILES string of the molecule is COC(=O)Cc1ccc(NC(=O)c2cc(Oc3ccc(C(=O)N4CCC4)cc3)nc(OC(C)C)c2)nc1. The van der Waals surface area contributed by atoms with Crippen LogP contribution in [0.15, 0.2) is 54.7 Å². The molecule has 0 radical (unpaired) electrons. The number of esters is 1. The number of ether oxygens (including phenoxy) is 3. The zero-order valence-electron chi connectivity index (χ0n) is 20.9. The molecule has 0 bridgehead atoms. The topological polar surface area (TPSA) is 120 Å². The molecule has 192 valence electrons. The van der Waals surface area contributed by atoms with E-state index in [0.717, 1.165) is 19.5 Å². The van der Waals surface area contributed by atoms with E-state index < -0.39 is 5.91 Å². The molecule has 2 aromatic heterocycles. The molecule has 3 aromatic rings. The molecule has 0 saturated carbocycles. The van der Waals surface area contributed by atoms with Gasteiger partial charge in [0.15, 0.2) is 0 Å². The maximum Gasteiger partial charge on any atom is 0.310 e. The van der Waals surface area contributed by atoms with Crippen molar-refractivity contribution >= 4 is 23.6 Å². The van der Waals surface area contributed by atoms with Gasteiger partial charge in [-0.15, -0.1) is 0 Å². The Morgan fingerprint density at radius 2 is 1.73 bits per heavy atom. The fourth-order valence-electron chi connectivity index (χ4n) is 3.48. The summed E-state index contributed by atoms with van der Waals surface area (Å²) in [6.45, 7) is 5.26. The van der Waals surface area contributed by atoms with Gasteiger partial charge in [0.05, 0.1) is 25.2 Å². The van der Waals surface area contributed by atoms with Gasteiger partial charge >= 0.3 is 5.97 Å². The average molecular weight is 505 g/mol. The van der Waals surface area contributed by atoms with Crippen LogP contribution in [-0.2, 0) is 16.0 Å². The summed E-state index contributed by atoms with van der Waals surface area (Å²) in [5.74, 6) is 0.335. The molecular weight excluding hydrogens is 476 g/mol. The van der Waals surface area contributed by atoms with E-state index >= 15 is 0 Å². The Hall–Kier alpha value is -4.47. The molecule has 37 heavy (non-hydrogen) atoms. The number of likely N-dealkylation sites (tertiary alicyclic amines) is 1. The highest BCUT2D eigenvalue weighted by molar-refractivity contribution is 6.04. The molecule has 0 atom stereocenters. The predicted octanol–water partition coefficient (Wildman–Crippen LogP) is 3.87. The molecule has 1 N–H and O–H groups in total. The first kappa shape index (κ1) is 25.6. The van der Waals surface area contributed by atoms with E-state index in [-0.39, 0.29) is 41.7 Å². The van der Waals surface area contributed by atoms with Crippen molar-refractivity contribution in [2.45, 2.75) is 32.8 Å². The number of methoxy groups -OCH3 is 1. The lowest BCUT2D eigenvalue weighted by Gasteiger charge is -2.30. The van der Waals surface area contributed by atoms with Gasteiger partial charge in [0.1, 0.15) is 11.6 Å². The van der Waals surface area contributed by atoms with E-state index in [1.165, 1.54) is 25.4 Å². The summed E-state index contributed by atoms with van der Waals surface area (Å²) in [6, 6.07) is 13.1. The number of anilines is 1. The minimum absolute atomic E-state index is 0.00542. The minimum Gasteiger partial charge on any atom is -0.475 e. The highest BCUT2D eigenvalue weighted by atomic mass is 16.5. The van der Waals surface area contributed by atoms with Gasteiger partial charge < -0.3 is 24.4 Å². The van der Waals surface area contributed by atoms with Crippen LogP contribution < -0.4 is 14.8 Å². The summed E-state index contributed by atoms with van der Waals surface area (Å²) >= 11 is 0. The minimum atomic E-state index is -0.440. The van der Waals surface area contributed by atoms with Gasteiger partial charge in [0.25, 0.3) is 11.8 Å². The summed E-state index contributed by atoms with van der Waals surface area (Å²) in [7, 11) is 1.32. The van der Waals surface area contributed by atoms with Crippen molar-refractivity contribution in [3.8, 4) is 17.5 Å². The van der Waals surface area contributed by atoms with Gasteiger partial charge in [-0.25, -0.2) is 4.98 Å². The summed E-state index contributed by atoms with van der Waals surface area (Å²) < 4.78 is 16.2. The van der Waals surface area contributed by atoms with Crippen molar-refractivity contribution in [2.24, 2.45) is 0 Å². The number of aromatic nitrogens is 2. The standard InChI is InChI=1S/C27H28N4O6/c1-17(2)36-23-14-20(26(33)29-22-10-5-18(16-28-22)13-25(32)35-3)15-24(30-23)37-21-8-6-19(7-9-21)27(34)31-11-4-12-31/h5-10,14-17H,4,11-13H2,1-3H3,(H,28,29,33). The summed E-state index contributed by atoms with van der Waals surface area (Å²) in [4.78, 5) is 47.1. The van der Waals surface area contributed by atoms with Gasteiger partial charge in [-0.05, 0) is 56.2 Å². The molecule has 0 aliphatic carbocycles.